The van der Waals surface area contributed by atoms with Crippen molar-refractivity contribution in [2.45, 2.75) is 20.3 Å². The third-order valence-corrected chi connectivity index (χ3v) is 5.09. The quantitative estimate of drug-likeness (QED) is 0.711. The normalized spacial score (nSPS) is 13.0. The van der Waals surface area contributed by atoms with E-state index < -0.39 is 0 Å². The number of carbonyl (C=O) groups excluding carboxylic acids is 1. The van der Waals surface area contributed by atoms with E-state index in [0.717, 1.165) is 40.7 Å². The van der Waals surface area contributed by atoms with Gasteiger partial charge < -0.3 is 5.32 Å². The summed E-state index contributed by atoms with van der Waals surface area (Å²) in [7, 11) is 0. The third-order valence-electron chi connectivity index (χ3n) is 5.09. The second-order valence-electron chi connectivity index (χ2n) is 7.39. The largest absolute Gasteiger partial charge is 0.322 e. The molecular weight excluding hydrogens is 346 g/mol. The first-order valence-electron chi connectivity index (χ1n) is 9.48. The number of benzene rings is 3. The molecule has 4 rings (SSSR count). The maximum atomic E-state index is 12.8. The number of aliphatic imine (C=N–C) groups is 1. The summed E-state index contributed by atoms with van der Waals surface area (Å²) in [5.74, 6) is 0.203. The summed E-state index contributed by atoms with van der Waals surface area (Å²) < 4.78 is 0. The van der Waals surface area contributed by atoms with Crippen LogP contribution in [0.2, 0.25) is 0 Å². The molecule has 0 radical (unpaired) electrons. The number of carbonyl (C=O) groups is 1. The topological polar surface area (TPSA) is 65.2 Å². The molecule has 0 spiro atoms. The highest BCUT2D eigenvalue weighted by Gasteiger charge is 2.18. The lowest BCUT2D eigenvalue weighted by Gasteiger charge is -2.20. The predicted molar refractivity (Wildman–Crippen MR) is 113 cm³/mol. The lowest BCUT2D eigenvalue weighted by Crippen LogP contribution is -2.19. The molecule has 3 aromatic carbocycles. The Hall–Kier alpha value is -3.45. The van der Waals surface area contributed by atoms with Gasteiger partial charge in [-0.1, -0.05) is 32.0 Å². The Labute approximate surface area is 164 Å². The summed E-state index contributed by atoms with van der Waals surface area (Å²) >= 11 is 0. The van der Waals surface area contributed by atoms with Crippen LogP contribution < -0.4 is 5.32 Å². The molecule has 0 aromatic heterocycles. The minimum atomic E-state index is -0.148. The maximum absolute atomic E-state index is 12.8. The number of amides is 1. The van der Waals surface area contributed by atoms with Gasteiger partial charge in [-0.05, 0) is 65.1 Å². The zero-order chi connectivity index (χ0) is 19.7. The molecule has 1 aliphatic heterocycles. The van der Waals surface area contributed by atoms with Crippen molar-refractivity contribution in [1.82, 2.24) is 0 Å². The van der Waals surface area contributed by atoms with Gasteiger partial charge in [0.1, 0.15) is 0 Å². The molecular formula is C24H21N3O. The van der Waals surface area contributed by atoms with Crippen LogP contribution in [0.4, 0.5) is 5.69 Å². The summed E-state index contributed by atoms with van der Waals surface area (Å²) in [5, 5.41) is 13.9. The van der Waals surface area contributed by atoms with E-state index in [9.17, 15) is 4.79 Å². The van der Waals surface area contributed by atoms with E-state index in [2.05, 4.69) is 36.3 Å². The highest BCUT2D eigenvalue weighted by atomic mass is 16.1. The van der Waals surface area contributed by atoms with Crippen LogP contribution in [0.1, 0.15) is 40.9 Å². The van der Waals surface area contributed by atoms with Crippen molar-refractivity contribution in [2.24, 2.45) is 10.9 Å². The smallest absolute Gasteiger partial charge is 0.255 e. The van der Waals surface area contributed by atoms with E-state index in [1.807, 2.05) is 36.4 Å². The first-order chi connectivity index (χ1) is 13.5. The van der Waals surface area contributed by atoms with Crippen LogP contribution in [-0.2, 0) is 6.42 Å². The highest BCUT2D eigenvalue weighted by molar-refractivity contribution is 6.08. The van der Waals surface area contributed by atoms with Crippen molar-refractivity contribution in [2.75, 3.05) is 11.9 Å². The van der Waals surface area contributed by atoms with Gasteiger partial charge in [0.25, 0.3) is 5.91 Å². The van der Waals surface area contributed by atoms with Crippen LogP contribution in [0.3, 0.4) is 0 Å². The van der Waals surface area contributed by atoms with Crippen LogP contribution in [0, 0.1) is 17.2 Å². The average Bonchev–Trinajstić information content (AvgIpc) is 2.72. The molecule has 138 valence electrons. The molecule has 28 heavy (non-hydrogen) atoms. The lowest BCUT2D eigenvalue weighted by atomic mass is 9.91. The van der Waals surface area contributed by atoms with Gasteiger partial charge in [-0.25, -0.2) is 0 Å². The molecule has 1 amide bonds. The Morgan fingerprint density at radius 2 is 1.86 bits per heavy atom. The fourth-order valence-corrected chi connectivity index (χ4v) is 3.65. The monoisotopic (exact) mass is 367 g/mol. The molecule has 0 saturated heterocycles. The van der Waals surface area contributed by atoms with E-state index in [4.69, 9.17) is 5.26 Å². The molecule has 1 aliphatic rings. The predicted octanol–water partition coefficient (Wildman–Crippen LogP) is 4.96. The van der Waals surface area contributed by atoms with Crippen molar-refractivity contribution in [3.05, 3.63) is 76.9 Å². The van der Waals surface area contributed by atoms with Crippen LogP contribution >= 0.6 is 0 Å². The fourth-order valence-electron chi connectivity index (χ4n) is 3.65. The Morgan fingerprint density at radius 1 is 1.07 bits per heavy atom. The van der Waals surface area contributed by atoms with Crippen LogP contribution in [0.15, 0.2) is 59.6 Å². The number of rotatable bonds is 3. The van der Waals surface area contributed by atoms with Crippen LogP contribution in [0.5, 0.6) is 0 Å². The van der Waals surface area contributed by atoms with Crippen LogP contribution in [0.25, 0.3) is 10.8 Å². The molecule has 4 nitrogen and oxygen atoms in total. The van der Waals surface area contributed by atoms with Crippen molar-refractivity contribution >= 4 is 28.1 Å². The lowest BCUT2D eigenvalue weighted by molar-refractivity contribution is 0.102. The molecule has 3 aromatic rings. The van der Waals surface area contributed by atoms with E-state index >= 15 is 0 Å². The van der Waals surface area contributed by atoms with Crippen molar-refractivity contribution < 1.29 is 4.79 Å². The maximum Gasteiger partial charge on any atom is 0.255 e. The van der Waals surface area contributed by atoms with Gasteiger partial charge in [0.15, 0.2) is 0 Å². The second kappa shape index (κ2) is 7.28. The van der Waals surface area contributed by atoms with E-state index in [1.165, 1.54) is 5.56 Å². The van der Waals surface area contributed by atoms with Crippen molar-refractivity contribution in [3.8, 4) is 6.07 Å². The number of anilines is 1. The number of nitriles is 1. The number of hydrogen-bond acceptors (Lipinski definition) is 3. The Morgan fingerprint density at radius 3 is 2.64 bits per heavy atom. The summed E-state index contributed by atoms with van der Waals surface area (Å²) in [6.07, 6.45) is 0.940. The van der Waals surface area contributed by atoms with Gasteiger partial charge in [-0.2, -0.15) is 5.26 Å². The first-order valence-corrected chi connectivity index (χ1v) is 9.48. The summed E-state index contributed by atoms with van der Waals surface area (Å²) in [4.78, 5) is 17.4. The second-order valence-corrected chi connectivity index (χ2v) is 7.39. The molecule has 0 atom stereocenters. The standard InChI is InChI=1S/C24H21N3O/c1-15(2)23-22-13-21(8-7-17(22)9-10-26-23)27-24(28)20-6-5-18-11-16(14-25)3-4-19(18)12-20/h3-8,11-13,15H,9-10H2,1-2H3,(H,27,28). The number of nitrogens with zero attached hydrogens (tertiary/aromatic N) is 2. The minimum Gasteiger partial charge on any atom is -0.322 e. The molecule has 0 unspecified atom stereocenters. The van der Waals surface area contributed by atoms with Gasteiger partial charge >= 0.3 is 0 Å². The van der Waals surface area contributed by atoms with Crippen LogP contribution in [-0.4, -0.2) is 18.2 Å². The Kier molecular flexibility index (Phi) is 4.67. The number of nitrogens with one attached hydrogen (secondary N) is 1. The zero-order valence-corrected chi connectivity index (χ0v) is 16.0. The van der Waals surface area contributed by atoms with Crippen molar-refractivity contribution in [1.29, 1.82) is 5.26 Å². The molecule has 4 heteroatoms. The van der Waals surface area contributed by atoms with Gasteiger partial charge in [-0.3, -0.25) is 9.79 Å². The molecule has 1 N–H and O–H groups in total. The minimum absolute atomic E-state index is 0.148. The van der Waals surface area contributed by atoms with Gasteiger partial charge in [0.2, 0.25) is 0 Å². The van der Waals surface area contributed by atoms with Crippen molar-refractivity contribution in [3.63, 3.8) is 0 Å². The van der Waals surface area contributed by atoms with Gasteiger partial charge in [0.05, 0.1) is 11.6 Å². The molecule has 1 heterocycles. The summed E-state index contributed by atoms with van der Waals surface area (Å²) in [6, 6.07) is 19.2. The van der Waals surface area contributed by atoms with E-state index in [-0.39, 0.29) is 5.91 Å². The van der Waals surface area contributed by atoms with E-state index in [0.29, 0.717) is 17.0 Å². The number of hydrogen-bond donors (Lipinski definition) is 1. The molecule has 0 aliphatic carbocycles. The zero-order valence-electron chi connectivity index (χ0n) is 16.0. The molecule has 0 saturated carbocycles. The van der Waals surface area contributed by atoms with Gasteiger partial charge in [-0.15, -0.1) is 0 Å². The average molecular weight is 367 g/mol. The number of fused-ring (bicyclic) bond motifs is 2. The summed E-state index contributed by atoms with van der Waals surface area (Å²) in [6.45, 7) is 5.12. The SMILES string of the molecule is CC(C)C1=NCCc2ccc(NC(=O)c3ccc4cc(C#N)ccc4c3)cc21. The Balaban J connectivity index is 1.61. The Bertz CT molecular complexity index is 1150. The molecule has 0 bridgehead atoms. The summed E-state index contributed by atoms with van der Waals surface area (Å²) in [5.41, 5.74) is 5.52. The highest BCUT2D eigenvalue weighted by Crippen LogP contribution is 2.25. The van der Waals surface area contributed by atoms with E-state index in [1.54, 1.807) is 12.1 Å². The first kappa shape index (κ1) is 17.9. The third kappa shape index (κ3) is 3.39. The molecule has 0 fully saturated rings. The fraction of sp³-hybridized carbons (Fsp3) is 0.208. The van der Waals surface area contributed by atoms with Gasteiger partial charge in [0, 0.05) is 29.1 Å².